The van der Waals surface area contributed by atoms with E-state index >= 15 is 0 Å². The van der Waals surface area contributed by atoms with Gasteiger partial charge in [-0.2, -0.15) is 0 Å². The Morgan fingerprint density at radius 2 is 2.33 bits per heavy atom. The van der Waals surface area contributed by atoms with Gasteiger partial charge in [0.1, 0.15) is 0 Å². The number of fused-ring (bicyclic) bond motifs is 1. The molecule has 0 saturated heterocycles. The summed E-state index contributed by atoms with van der Waals surface area (Å²) in [4.78, 5) is 12.8. The van der Waals surface area contributed by atoms with Crippen LogP contribution in [0.25, 0.3) is 0 Å². The van der Waals surface area contributed by atoms with Gasteiger partial charge in [-0.15, -0.1) is 0 Å². The van der Waals surface area contributed by atoms with Crippen molar-refractivity contribution in [1.82, 2.24) is 4.90 Å². The molecular formula is C11H14N2O2. The van der Waals surface area contributed by atoms with Gasteiger partial charge in [0.25, 0.3) is 5.69 Å². The Kier molecular flexibility index (Phi) is 2.68. The Morgan fingerprint density at radius 1 is 1.53 bits per heavy atom. The maximum absolute atomic E-state index is 10.9. The van der Waals surface area contributed by atoms with Gasteiger partial charge in [0.05, 0.1) is 4.92 Å². The molecule has 0 N–H and O–H groups in total. The minimum atomic E-state index is -0.280. The van der Waals surface area contributed by atoms with Crippen LogP contribution in [0.4, 0.5) is 5.69 Å². The van der Waals surface area contributed by atoms with Crippen LogP contribution in [0.1, 0.15) is 18.1 Å². The van der Waals surface area contributed by atoms with Crippen LogP contribution in [0.3, 0.4) is 0 Å². The molecule has 0 bridgehead atoms. The normalized spacial score (nSPS) is 16.1. The summed E-state index contributed by atoms with van der Waals surface area (Å²) in [6.45, 7) is 4.75. The van der Waals surface area contributed by atoms with E-state index in [1.807, 2.05) is 6.07 Å². The molecule has 0 radical (unpaired) electrons. The number of likely N-dealkylation sites (N-methyl/N-ethyl adjacent to an activating group) is 1. The van der Waals surface area contributed by atoms with Crippen molar-refractivity contribution in [1.29, 1.82) is 0 Å². The molecule has 1 aliphatic rings. The van der Waals surface area contributed by atoms with Gasteiger partial charge in [-0.05, 0) is 18.5 Å². The standard InChI is InChI=1S/C11H14N2O2/c1-2-12-7-6-9-4-3-5-11(13(14)15)10(9)8-12/h3-5H,2,6-8H2,1H3. The minimum Gasteiger partial charge on any atom is -0.299 e. The largest absolute Gasteiger partial charge is 0.299 e. The lowest BCUT2D eigenvalue weighted by Gasteiger charge is -2.26. The molecule has 2 rings (SSSR count). The summed E-state index contributed by atoms with van der Waals surface area (Å²) in [5.74, 6) is 0. The van der Waals surface area contributed by atoms with Gasteiger partial charge >= 0.3 is 0 Å². The van der Waals surface area contributed by atoms with Gasteiger partial charge in [-0.3, -0.25) is 15.0 Å². The fourth-order valence-corrected chi connectivity index (χ4v) is 2.06. The molecule has 0 amide bonds. The topological polar surface area (TPSA) is 46.4 Å². The molecule has 4 nitrogen and oxygen atoms in total. The molecule has 0 fully saturated rings. The summed E-state index contributed by atoms with van der Waals surface area (Å²) < 4.78 is 0. The summed E-state index contributed by atoms with van der Waals surface area (Å²) in [7, 11) is 0. The molecule has 80 valence electrons. The highest BCUT2D eigenvalue weighted by atomic mass is 16.6. The Hall–Kier alpha value is -1.42. The minimum absolute atomic E-state index is 0.269. The molecule has 0 aliphatic carbocycles. The van der Waals surface area contributed by atoms with Gasteiger partial charge in [0, 0.05) is 24.7 Å². The first-order valence-electron chi connectivity index (χ1n) is 5.20. The molecule has 0 atom stereocenters. The van der Waals surface area contributed by atoms with Crippen molar-refractivity contribution in [3.05, 3.63) is 39.4 Å². The first-order valence-corrected chi connectivity index (χ1v) is 5.20. The second-order valence-corrected chi connectivity index (χ2v) is 3.79. The molecule has 1 aromatic rings. The van der Waals surface area contributed by atoms with E-state index in [4.69, 9.17) is 0 Å². The third-order valence-electron chi connectivity index (χ3n) is 2.97. The van der Waals surface area contributed by atoms with Crippen LogP contribution < -0.4 is 0 Å². The van der Waals surface area contributed by atoms with E-state index in [1.54, 1.807) is 12.1 Å². The van der Waals surface area contributed by atoms with Crippen LogP contribution in [0, 0.1) is 10.1 Å². The van der Waals surface area contributed by atoms with Crippen LogP contribution in [0.5, 0.6) is 0 Å². The van der Waals surface area contributed by atoms with Crippen molar-refractivity contribution >= 4 is 5.69 Å². The molecule has 1 heterocycles. The van der Waals surface area contributed by atoms with Crippen LogP contribution in [0.2, 0.25) is 0 Å². The van der Waals surface area contributed by atoms with Gasteiger partial charge in [0.2, 0.25) is 0 Å². The lowest BCUT2D eigenvalue weighted by atomic mass is 9.98. The van der Waals surface area contributed by atoms with Crippen LogP contribution in [0.15, 0.2) is 18.2 Å². The van der Waals surface area contributed by atoms with Crippen molar-refractivity contribution in [3.63, 3.8) is 0 Å². The predicted molar refractivity (Wildman–Crippen MR) is 57.8 cm³/mol. The third-order valence-corrected chi connectivity index (χ3v) is 2.97. The molecule has 15 heavy (non-hydrogen) atoms. The lowest BCUT2D eigenvalue weighted by Crippen LogP contribution is -2.30. The highest BCUT2D eigenvalue weighted by Gasteiger charge is 2.22. The van der Waals surface area contributed by atoms with Crippen LogP contribution >= 0.6 is 0 Å². The molecule has 1 aromatic carbocycles. The summed E-state index contributed by atoms with van der Waals surface area (Å²) in [6, 6.07) is 5.37. The Balaban J connectivity index is 2.40. The van der Waals surface area contributed by atoms with Crippen LogP contribution in [-0.4, -0.2) is 22.9 Å². The Bertz CT molecular complexity index is 390. The first kappa shape index (κ1) is 10.1. The van der Waals surface area contributed by atoms with Gasteiger partial charge in [-0.25, -0.2) is 0 Å². The van der Waals surface area contributed by atoms with Crippen LogP contribution in [-0.2, 0) is 13.0 Å². The monoisotopic (exact) mass is 206 g/mol. The average molecular weight is 206 g/mol. The smallest absolute Gasteiger partial charge is 0.274 e. The van der Waals surface area contributed by atoms with E-state index in [2.05, 4.69) is 11.8 Å². The Morgan fingerprint density at radius 3 is 3.00 bits per heavy atom. The van der Waals surface area contributed by atoms with E-state index in [1.165, 1.54) is 0 Å². The number of hydrogen-bond donors (Lipinski definition) is 0. The lowest BCUT2D eigenvalue weighted by molar-refractivity contribution is -0.385. The quantitative estimate of drug-likeness (QED) is 0.549. The maximum Gasteiger partial charge on any atom is 0.274 e. The number of nitro benzene ring substituents is 1. The van der Waals surface area contributed by atoms with E-state index in [-0.39, 0.29) is 10.6 Å². The van der Waals surface area contributed by atoms with E-state index in [0.717, 1.165) is 30.6 Å². The maximum atomic E-state index is 10.9. The van der Waals surface area contributed by atoms with Crippen molar-refractivity contribution in [2.45, 2.75) is 19.9 Å². The van der Waals surface area contributed by atoms with E-state index in [0.29, 0.717) is 6.54 Å². The molecule has 0 unspecified atom stereocenters. The van der Waals surface area contributed by atoms with Gasteiger partial charge in [0.15, 0.2) is 0 Å². The van der Waals surface area contributed by atoms with E-state index in [9.17, 15) is 10.1 Å². The zero-order chi connectivity index (χ0) is 10.8. The van der Waals surface area contributed by atoms with E-state index < -0.39 is 0 Å². The number of hydrogen-bond acceptors (Lipinski definition) is 3. The molecule has 0 aromatic heterocycles. The van der Waals surface area contributed by atoms with Crippen molar-refractivity contribution in [3.8, 4) is 0 Å². The summed E-state index contributed by atoms with van der Waals surface area (Å²) in [6.07, 6.45) is 0.921. The number of benzene rings is 1. The highest BCUT2D eigenvalue weighted by Crippen LogP contribution is 2.27. The summed E-state index contributed by atoms with van der Waals surface area (Å²) in [5, 5.41) is 10.9. The number of nitrogens with zero attached hydrogens (tertiary/aromatic N) is 2. The zero-order valence-corrected chi connectivity index (χ0v) is 8.77. The molecule has 4 heteroatoms. The second kappa shape index (κ2) is 3.98. The molecule has 0 saturated carbocycles. The fraction of sp³-hybridized carbons (Fsp3) is 0.455. The van der Waals surface area contributed by atoms with Crippen molar-refractivity contribution < 1.29 is 4.92 Å². The number of rotatable bonds is 2. The predicted octanol–water partition coefficient (Wildman–Crippen LogP) is 1.97. The second-order valence-electron chi connectivity index (χ2n) is 3.79. The SMILES string of the molecule is CCN1CCc2cccc([N+](=O)[O-])c2C1. The molecular weight excluding hydrogens is 192 g/mol. The summed E-state index contributed by atoms with van der Waals surface area (Å²) >= 11 is 0. The molecule has 0 spiro atoms. The van der Waals surface area contributed by atoms with Crippen molar-refractivity contribution in [2.24, 2.45) is 0 Å². The average Bonchev–Trinajstić information content (AvgIpc) is 2.27. The first-order chi connectivity index (χ1) is 7.22. The summed E-state index contributed by atoms with van der Waals surface area (Å²) in [5.41, 5.74) is 2.30. The Labute approximate surface area is 88.7 Å². The molecule has 1 aliphatic heterocycles. The number of nitro groups is 1. The van der Waals surface area contributed by atoms with Gasteiger partial charge in [-0.1, -0.05) is 19.1 Å². The van der Waals surface area contributed by atoms with Gasteiger partial charge < -0.3 is 0 Å². The highest BCUT2D eigenvalue weighted by molar-refractivity contribution is 5.46. The fourth-order valence-electron chi connectivity index (χ4n) is 2.06. The zero-order valence-electron chi connectivity index (χ0n) is 8.77. The third kappa shape index (κ3) is 1.85. The van der Waals surface area contributed by atoms with Crippen molar-refractivity contribution in [2.75, 3.05) is 13.1 Å².